The predicted molar refractivity (Wildman–Crippen MR) is 80.0 cm³/mol. The number of carbonyl (C=O) groups excluding carboxylic acids is 1. The van der Waals surface area contributed by atoms with E-state index < -0.39 is 29.0 Å². The summed E-state index contributed by atoms with van der Waals surface area (Å²) in [6, 6.07) is 4.77. The number of benzene rings is 1. The lowest BCUT2D eigenvalue weighted by Gasteiger charge is -2.32. The lowest BCUT2D eigenvalue weighted by molar-refractivity contribution is -0.137. The van der Waals surface area contributed by atoms with Crippen LogP contribution in [-0.2, 0) is 21.2 Å². The lowest BCUT2D eigenvalue weighted by Crippen LogP contribution is -2.48. The van der Waals surface area contributed by atoms with E-state index in [1.165, 1.54) is 19.2 Å². The van der Waals surface area contributed by atoms with Crippen molar-refractivity contribution in [2.24, 2.45) is 0 Å². The zero-order valence-corrected chi connectivity index (χ0v) is 13.9. The van der Waals surface area contributed by atoms with Crippen molar-refractivity contribution >= 4 is 6.09 Å². The van der Waals surface area contributed by atoms with Crippen LogP contribution in [0.3, 0.4) is 0 Å². The van der Waals surface area contributed by atoms with E-state index >= 15 is 0 Å². The molecule has 0 fully saturated rings. The summed E-state index contributed by atoms with van der Waals surface area (Å²) in [7, 11) is 1.41. The van der Waals surface area contributed by atoms with E-state index in [2.05, 4.69) is 5.32 Å². The molecule has 1 aromatic carbocycles. The number of halogens is 3. The van der Waals surface area contributed by atoms with Gasteiger partial charge in [0, 0.05) is 7.11 Å². The number of methoxy groups -OCH3 is 1. The second-order valence-corrected chi connectivity index (χ2v) is 6.47. The van der Waals surface area contributed by atoms with Crippen LogP contribution in [-0.4, -0.2) is 25.4 Å². The minimum atomic E-state index is -4.46. The van der Waals surface area contributed by atoms with Gasteiger partial charge >= 0.3 is 12.3 Å². The van der Waals surface area contributed by atoms with E-state index in [-0.39, 0.29) is 12.2 Å². The summed E-state index contributed by atoms with van der Waals surface area (Å²) < 4.78 is 48.9. The second-order valence-electron chi connectivity index (χ2n) is 6.47. The first-order valence-electron chi connectivity index (χ1n) is 7.05. The molecule has 1 aromatic rings. The van der Waals surface area contributed by atoms with Gasteiger partial charge in [0.2, 0.25) is 0 Å². The van der Waals surface area contributed by atoms with Crippen LogP contribution < -0.4 is 5.32 Å². The van der Waals surface area contributed by atoms with Gasteiger partial charge in [0.15, 0.2) is 0 Å². The molecule has 1 rings (SSSR count). The molecule has 0 aliphatic carbocycles. The van der Waals surface area contributed by atoms with Gasteiger partial charge in [-0.05, 0) is 45.4 Å². The number of alkyl halides is 3. The molecule has 0 aromatic heterocycles. The van der Waals surface area contributed by atoms with Crippen molar-refractivity contribution in [3.63, 3.8) is 0 Å². The molecule has 130 valence electrons. The van der Waals surface area contributed by atoms with E-state index in [9.17, 15) is 18.0 Å². The van der Waals surface area contributed by atoms with Crippen molar-refractivity contribution in [1.82, 2.24) is 5.32 Å². The van der Waals surface area contributed by atoms with Crippen molar-refractivity contribution < 1.29 is 27.4 Å². The molecule has 0 heterocycles. The molecule has 0 saturated heterocycles. The van der Waals surface area contributed by atoms with E-state index in [0.717, 1.165) is 12.1 Å². The normalized spacial score (nSPS) is 15.0. The Morgan fingerprint density at radius 2 is 1.70 bits per heavy atom. The van der Waals surface area contributed by atoms with Gasteiger partial charge in [-0.25, -0.2) is 4.79 Å². The average molecular weight is 333 g/mol. The Balaban J connectivity index is 3.12. The van der Waals surface area contributed by atoms with Gasteiger partial charge in [-0.3, -0.25) is 0 Å². The Morgan fingerprint density at radius 3 is 2.17 bits per heavy atom. The largest absolute Gasteiger partial charge is 0.444 e. The maximum Gasteiger partial charge on any atom is 0.416 e. The number of nitrogens with one attached hydrogen (secondary N) is 1. The Morgan fingerprint density at radius 1 is 1.13 bits per heavy atom. The third-order valence-electron chi connectivity index (χ3n) is 3.04. The van der Waals surface area contributed by atoms with Crippen LogP contribution in [0.4, 0.5) is 18.0 Å². The van der Waals surface area contributed by atoms with Crippen molar-refractivity contribution in [3.8, 4) is 0 Å². The van der Waals surface area contributed by atoms with Crippen molar-refractivity contribution in [1.29, 1.82) is 0 Å². The smallest absolute Gasteiger partial charge is 0.416 e. The molecule has 1 atom stereocenters. The summed E-state index contributed by atoms with van der Waals surface area (Å²) in [4.78, 5) is 12.0. The highest BCUT2D eigenvalue weighted by molar-refractivity contribution is 5.69. The summed E-state index contributed by atoms with van der Waals surface area (Å²) in [6.07, 6.45) is -5.19. The third kappa shape index (κ3) is 5.74. The minimum Gasteiger partial charge on any atom is -0.444 e. The van der Waals surface area contributed by atoms with Crippen molar-refractivity contribution in [3.05, 3.63) is 35.4 Å². The fourth-order valence-electron chi connectivity index (χ4n) is 2.05. The van der Waals surface area contributed by atoms with Gasteiger partial charge < -0.3 is 14.8 Å². The summed E-state index contributed by atoms with van der Waals surface area (Å²) in [5.41, 5.74) is -2.38. The number of hydrogen-bond acceptors (Lipinski definition) is 3. The monoisotopic (exact) mass is 333 g/mol. The van der Waals surface area contributed by atoms with Gasteiger partial charge in [0.05, 0.1) is 17.7 Å². The minimum absolute atomic E-state index is 0.00640. The third-order valence-corrected chi connectivity index (χ3v) is 3.04. The molecule has 1 amide bonds. The van der Waals surface area contributed by atoms with E-state index in [0.29, 0.717) is 0 Å². The number of amides is 1. The molecule has 0 bridgehead atoms. The molecule has 1 N–H and O–H groups in total. The maximum absolute atomic E-state index is 12.9. The Kier molecular flexibility index (Phi) is 5.69. The first-order valence-corrected chi connectivity index (χ1v) is 7.05. The lowest BCUT2D eigenvalue weighted by atomic mass is 9.91. The molecule has 0 radical (unpaired) electrons. The number of rotatable bonds is 4. The second kappa shape index (κ2) is 6.78. The van der Waals surface area contributed by atoms with Crippen LogP contribution in [0.1, 0.15) is 38.8 Å². The number of carbonyl (C=O) groups is 1. The molecular weight excluding hydrogens is 311 g/mol. The number of hydrogen-bond donors (Lipinski definition) is 1. The molecule has 1 unspecified atom stereocenters. The molecule has 7 heteroatoms. The van der Waals surface area contributed by atoms with Crippen LogP contribution in [0.25, 0.3) is 0 Å². The van der Waals surface area contributed by atoms with Crippen LogP contribution >= 0.6 is 0 Å². The molecule has 4 nitrogen and oxygen atoms in total. The molecule has 23 heavy (non-hydrogen) atoms. The Bertz CT molecular complexity index is 552. The first kappa shape index (κ1) is 19.3. The number of alkyl carbamates (subject to hydrolysis) is 1. The highest BCUT2D eigenvalue weighted by atomic mass is 19.4. The van der Waals surface area contributed by atoms with Gasteiger partial charge in [-0.15, -0.1) is 0 Å². The zero-order chi connectivity index (χ0) is 17.9. The summed E-state index contributed by atoms with van der Waals surface area (Å²) >= 11 is 0. The fraction of sp³-hybridized carbons (Fsp3) is 0.562. The van der Waals surface area contributed by atoms with E-state index in [1.807, 2.05) is 0 Å². The van der Waals surface area contributed by atoms with Crippen LogP contribution in [0.15, 0.2) is 24.3 Å². The molecule has 0 spiro atoms. The molecular formula is C16H22F3NO3. The van der Waals surface area contributed by atoms with Gasteiger partial charge in [-0.1, -0.05) is 12.1 Å². The van der Waals surface area contributed by atoms with Crippen molar-refractivity contribution in [2.45, 2.75) is 45.0 Å². The van der Waals surface area contributed by atoms with Crippen molar-refractivity contribution in [2.75, 3.05) is 13.7 Å². The quantitative estimate of drug-likeness (QED) is 0.903. The highest BCUT2D eigenvalue weighted by Gasteiger charge is 2.35. The zero-order valence-electron chi connectivity index (χ0n) is 13.9. The highest BCUT2D eigenvalue weighted by Crippen LogP contribution is 2.32. The maximum atomic E-state index is 12.9. The van der Waals surface area contributed by atoms with Crippen LogP contribution in [0.5, 0.6) is 0 Å². The van der Waals surface area contributed by atoms with Gasteiger partial charge in [0.25, 0.3) is 0 Å². The average Bonchev–Trinajstić information content (AvgIpc) is 2.35. The summed E-state index contributed by atoms with van der Waals surface area (Å²) in [5, 5.41) is 2.59. The Labute approximate surface area is 134 Å². The first-order chi connectivity index (χ1) is 10.4. The summed E-state index contributed by atoms with van der Waals surface area (Å²) in [6.45, 7) is 6.67. The standard InChI is InChI=1S/C16H22F3NO3/c1-14(2,3)23-13(21)20-15(4,10-22-5)11-7-6-8-12(9-11)16(17,18)19/h6-9H,10H2,1-5H3,(H,20,21). The topological polar surface area (TPSA) is 47.6 Å². The Hall–Kier alpha value is -1.76. The SMILES string of the molecule is COCC(C)(NC(=O)OC(C)(C)C)c1cccc(C(F)(F)F)c1. The summed E-state index contributed by atoms with van der Waals surface area (Å²) in [5.74, 6) is 0. The van der Waals surface area contributed by atoms with Gasteiger partial charge in [0.1, 0.15) is 5.60 Å². The number of ether oxygens (including phenoxy) is 2. The van der Waals surface area contributed by atoms with Crippen LogP contribution in [0, 0.1) is 0 Å². The molecule has 0 saturated carbocycles. The predicted octanol–water partition coefficient (Wildman–Crippen LogP) is 4.09. The molecule has 0 aliphatic heterocycles. The molecule has 0 aliphatic rings. The fourth-order valence-corrected chi connectivity index (χ4v) is 2.05. The van der Waals surface area contributed by atoms with E-state index in [4.69, 9.17) is 9.47 Å². The van der Waals surface area contributed by atoms with Crippen LogP contribution in [0.2, 0.25) is 0 Å². The van der Waals surface area contributed by atoms with Gasteiger partial charge in [-0.2, -0.15) is 13.2 Å². The van der Waals surface area contributed by atoms with E-state index in [1.54, 1.807) is 27.7 Å².